The maximum absolute atomic E-state index is 12.6. The Morgan fingerprint density at radius 1 is 0.906 bits per heavy atom. The fourth-order valence-corrected chi connectivity index (χ4v) is 3.78. The number of benzene rings is 2. The van der Waals surface area contributed by atoms with Crippen molar-refractivity contribution in [3.8, 4) is 28.7 Å². The maximum atomic E-state index is 12.6. The Bertz CT molecular complexity index is 1070. The third kappa shape index (κ3) is 6.33. The topological polar surface area (TPSA) is 97.4 Å². The van der Waals surface area contributed by atoms with Gasteiger partial charge in [0.15, 0.2) is 21.3 Å². The average Bonchev–Trinajstić information content (AvgIpc) is 2.76. The van der Waals surface area contributed by atoms with E-state index >= 15 is 0 Å². The minimum absolute atomic E-state index is 0.00314. The number of hydrogen-bond donors (Lipinski definition) is 0. The number of ether oxygens (including phenoxy) is 5. The van der Waals surface area contributed by atoms with Crippen LogP contribution < -0.4 is 23.7 Å². The molecule has 0 N–H and O–H groups in total. The molecule has 174 valence electrons. The van der Waals surface area contributed by atoms with Crippen LogP contribution >= 0.6 is 0 Å². The summed E-state index contributed by atoms with van der Waals surface area (Å²) in [6.07, 6.45) is -2.03. The molecule has 11 heteroatoms. The van der Waals surface area contributed by atoms with Crippen molar-refractivity contribution in [2.24, 2.45) is 0 Å². The predicted octanol–water partition coefficient (Wildman–Crippen LogP) is 3.48. The van der Waals surface area contributed by atoms with Crippen molar-refractivity contribution in [2.75, 3.05) is 28.4 Å². The molecule has 0 atom stereocenters. The standard InChI is InChI=1S/C21H22F2O8S/c1-27-14-10-17(29-3)15(18(11-14)30-4)7-8-32(25,26)12-13-5-6-16(28-2)19(9-13)31-21(24)20(22)23/h5-11,20H,12H2,1-4H3/b8-7+. The molecule has 0 bridgehead atoms. The molecule has 0 fully saturated rings. The number of rotatable bonds is 10. The van der Waals surface area contributed by atoms with Crippen LogP contribution in [0.2, 0.25) is 0 Å². The molecule has 0 saturated heterocycles. The van der Waals surface area contributed by atoms with E-state index in [-0.39, 0.29) is 17.1 Å². The lowest BCUT2D eigenvalue weighted by Gasteiger charge is -2.12. The summed E-state index contributed by atoms with van der Waals surface area (Å²) in [5.41, 5.74) is 0.571. The smallest absolute Gasteiger partial charge is 0.379 e. The zero-order valence-electron chi connectivity index (χ0n) is 17.8. The summed E-state index contributed by atoms with van der Waals surface area (Å²) in [7, 11) is 1.72. The molecule has 0 aromatic heterocycles. The lowest BCUT2D eigenvalue weighted by Crippen LogP contribution is -2.17. The molecule has 0 aliphatic carbocycles. The van der Waals surface area contributed by atoms with E-state index in [4.69, 9.17) is 18.9 Å². The Balaban J connectivity index is 2.33. The summed E-state index contributed by atoms with van der Waals surface area (Å²) in [6.45, 7) is 0. The Morgan fingerprint density at radius 3 is 2.00 bits per heavy atom. The van der Waals surface area contributed by atoms with Gasteiger partial charge in [-0.3, -0.25) is 0 Å². The second-order valence-corrected chi connectivity index (χ2v) is 8.15. The number of methoxy groups -OCH3 is 4. The van der Waals surface area contributed by atoms with E-state index in [1.54, 1.807) is 12.1 Å². The fourth-order valence-electron chi connectivity index (χ4n) is 2.69. The van der Waals surface area contributed by atoms with Crippen LogP contribution in [0.15, 0.2) is 35.7 Å². The molecule has 0 aliphatic heterocycles. The summed E-state index contributed by atoms with van der Waals surface area (Å²) in [5.74, 6) is -1.45. The van der Waals surface area contributed by atoms with E-state index in [9.17, 15) is 22.0 Å². The van der Waals surface area contributed by atoms with Gasteiger partial charge in [0.2, 0.25) is 0 Å². The zero-order chi connectivity index (χ0) is 23.9. The minimum atomic E-state index is -3.83. The number of carbonyl (C=O) groups excluding carboxylic acids is 1. The van der Waals surface area contributed by atoms with Crippen molar-refractivity contribution in [2.45, 2.75) is 12.2 Å². The quantitative estimate of drug-likeness (QED) is 0.383. The summed E-state index contributed by atoms with van der Waals surface area (Å²) >= 11 is 0. The first-order valence-corrected chi connectivity index (χ1v) is 10.7. The molecular weight excluding hydrogens is 450 g/mol. The number of alkyl halides is 2. The summed E-state index contributed by atoms with van der Waals surface area (Å²) in [4.78, 5) is 11.2. The van der Waals surface area contributed by atoms with E-state index in [2.05, 4.69) is 4.74 Å². The van der Waals surface area contributed by atoms with E-state index in [0.717, 1.165) is 11.5 Å². The van der Waals surface area contributed by atoms with Gasteiger partial charge in [0, 0.05) is 17.5 Å². The van der Waals surface area contributed by atoms with Crippen molar-refractivity contribution >= 4 is 21.9 Å². The van der Waals surface area contributed by atoms with Gasteiger partial charge in [-0.25, -0.2) is 13.2 Å². The van der Waals surface area contributed by atoms with Crippen LogP contribution in [0.4, 0.5) is 8.78 Å². The molecule has 0 radical (unpaired) electrons. The predicted molar refractivity (Wildman–Crippen MR) is 112 cm³/mol. The lowest BCUT2D eigenvalue weighted by atomic mass is 10.1. The van der Waals surface area contributed by atoms with E-state index < -0.39 is 28.0 Å². The summed E-state index contributed by atoms with van der Waals surface area (Å²) in [6, 6.07) is 7.03. The first-order valence-electron chi connectivity index (χ1n) is 9.01. The second kappa shape index (κ2) is 10.8. The molecule has 0 unspecified atom stereocenters. The van der Waals surface area contributed by atoms with Crippen LogP contribution in [0, 0.1) is 0 Å². The third-order valence-electron chi connectivity index (χ3n) is 4.18. The fraction of sp³-hybridized carbons (Fsp3) is 0.286. The Labute approximate surface area is 184 Å². The molecule has 2 aromatic carbocycles. The highest BCUT2D eigenvalue weighted by atomic mass is 32.2. The highest BCUT2D eigenvalue weighted by molar-refractivity contribution is 7.93. The van der Waals surface area contributed by atoms with Crippen molar-refractivity contribution in [1.29, 1.82) is 0 Å². The SMILES string of the molecule is COc1cc(OC)c(/C=C/S(=O)(=O)Cc2ccc(OC)c(OC(=O)C(F)F)c2)c(OC)c1. The third-order valence-corrected chi connectivity index (χ3v) is 5.47. The summed E-state index contributed by atoms with van der Waals surface area (Å²) < 4.78 is 75.6. The van der Waals surface area contributed by atoms with Crippen LogP contribution in [0.25, 0.3) is 6.08 Å². The molecule has 2 aromatic rings. The average molecular weight is 472 g/mol. The largest absolute Gasteiger partial charge is 0.496 e. The number of hydrogen-bond acceptors (Lipinski definition) is 8. The van der Waals surface area contributed by atoms with E-state index in [1.165, 1.54) is 46.6 Å². The van der Waals surface area contributed by atoms with Crippen molar-refractivity contribution in [1.82, 2.24) is 0 Å². The molecule has 32 heavy (non-hydrogen) atoms. The minimum Gasteiger partial charge on any atom is -0.496 e. The highest BCUT2D eigenvalue weighted by Gasteiger charge is 2.21. The van der Waals surface area contributed by atoms with Gasteiger partial charge >= 0.3 is 12.4 Å². The molecule has 2 rings (SSSR count). The number of carbonyl (C=O) groups is 1. The second-order valence-electron chi connectivity index (χ2n) is 6.26. The Hall–Kier alpha value is -3.34. The van der Waals surface area contributed by atoms with Gasteiger partial charge in [0.25, 0.3) is 0 Å². The first kappa shape index (κ1) is 24.9. The monoisotopic (exact) mass is 472 g/mol. The van der Waals surface area contributed by atoms with Crippen molar-refractivity contribution in [3.63, 3.8) is 0 Å². The molecule has 0 spiro atoms. The van der Waals surface area contributed by atoms with Crippen LogP contribution in [-0.2, 0) is 20.4 Å². The number of halogens is 2. The first-order chi connectivity index (χ1) is 15.1. The normalized spacial score (nSPS) is 11.5. The van der Waals surface area contributed by atoms with Crippen molar-refractivity contribution < 1.29 is 45.7 Å². The van der Waals surface area contributed by atoms with Gasteiger partial charge in [-0.2, -0.15) is 8.78 Å². The van der Waals surface area contributed by atoms with Crippen LogP contribution in [0.1, 0.15) is 11.1 Å². The van der Waals surface area contributed by atoms with E-state index in [1.807, 2.05) is 0 Å². The molecule has 8 nitrogen and oxygen atoms in total. The van der Waals surface area contributed by atoms with Gasteiger partial charge in [0.1, 0.15) is 17.2 Å². The Kier molecular flexibility index (Phi) is 8.41. The number of sulfone groups is 1. The van der Waals surface area contributed by atoms with Gasteiger partial charge in [0.05, 0.1) is 39.8 Å². The number of esters is 1. The summed E-state index contributed by atoms with van der Waals surface area (Å²) in [5, 5.41) is 0.967. The van der Waals surface area contributed by atoms with Crippen LogP contribution in [0.5, 0.6) is 28.7 Å². The highest BCUT2D eigenvalue weighted by Crippen LogP contribution is 2.35. The Morgan fingerprint density at radius 2 is 1.50 bits per heavy atom. The van der Waals surface area contributed by atoms with E-state index in [0.29, 0.717) is 22.8 Å². The molecule has 0 amide bonds. The molecule has 0 saturated carbocycles. The van der Waals surface area contributed by atoms with Crippen LogP contribution in [0.3, 0.4) is 0 Å². The van der Waals surface area contributed by atoms with Gasteiger partial charge in [-0.05, 0) is 23.8 Å². The van der Waals surface area contributed by atoms with Crippen molar-refractivity contribution in [3.05, 3.63) is 46.9 Å². The lowest BCUT2D eigenvalue weighted by molar-refractivity contribution is -0.146. The molecule has 0 aliphatic rings. The van der Waals surface area contributed by atoms with Crippen LogP contribution in [-0.4, -0.2) is 49.3 Å². The van der Waals surface area contributed by atoms with Gasteiger partial charge < -0.3 is 23.7 Å². The maximum Gasteiger partial charge on any atom is 0.379 e. The zero-order valence-corrected chi connectivity index (χ0v) is 18.6. The van der Waals surface area contributed by atoms with Gasteiger partial charge in [-0.15, -0.1) is 0 Å². The molecule has 0 heterocycles. The van der Waals surface area contributed by atoms with Gasteiger partial charge in [-0.1, -0.05) is 6.07 Å². The molecular formula is C21H22F2O8S.